The second kappa shape index (κ2) is 8.17. The lowest BCUT2D eigenvalue weighted by Crippen LogP contribution is -2.06. The molecule has 0 radical (unpaired) electrons. The molecule has 28 heavy (non-hydrogen) atoms. The van der Waals surface area contributed by atoms with Crippen molar-refractivity contribution in [1.29, 1.82) is 0 Å². The first-order chi connectivity index (χ1) is 13.8. The van der Waals surface area contributed by atoms with Gasteiger partial charge in [-0.2, -0.15) is 0 Å². The average molecular weight is 372 g/mol. The summed E-state index contributed by atoms with van der Waals surface area (Å²) >= 11 is 0. The average Bonchev–Trinajstić information content (AvgIpc) is 3.11. The van der Waals surface area contributed by atoms with Gasteiger partial charge < -0.3 is 14.0 Å². The number of aromatic nitrogens is 2. The minimum absolute atomic E-state index is 0.666. The molecule has 0 fully saturated rings. The largest absolute Gasteiger partial charge is 0.497 e. The molecule has 0 unspecified atom stereocenters. The van der Waals surface area contributed by atoms with E-state index in [-0.39, 0.29) is 0 Å². The highest BCUT2D eigenvalue weighted by Gasteiger charge is 2.12. The summed E-state index contributed by atoms with van der Waals surface area (Å²) in [6.07, 6.45) is 0.901. The fraction of sp³-hybridized carbons (Fsp3) is 0.208. The first-order valence-corrected chi connectivity index (χ1v) is 9.54. The van der Waals surface area contributed by atoms with Gasteiger partial charge in [0, 0.05) is 12.1 Å². The number of imidazole rings is 1. The molecule has 0 aliphatic rings. The van der Waals surface area contributed by atoms with Gasteiger partial charge in [0.05, 0.1) is 24.8 Å². The van der Waals surface area contributed by atoms with Crippen LogP contribution in [0.4, 0.5) is 0 Å². The number of hydrogen-bond donors (Lipinski definition) is 0. The Morgan fingerprint density at radius 1 is 0.893 bits per heavy atom. The maximum Gasteiger partial charge on any atom is 0.141 e. The van der Waals surface area contributed by atoms with Crippen LogP contribution in [0.25, 0.3) is 22.4 Å². The van der Waals surface area contributed by atoms with Crippen molar-refractivity contribution in [2.75, 3.05) is 13.7 Å². The van der Waals surface area contributed by atoms with Crippen molar-refractivity contribution in [2.45, 2.75) is 19.9 Å². The van der Waals surface area contributed by atoms with Gasteiger partial charge in [-0.3, -0.25) is 0 Å². The Kier molecular flexibility index (Phi) is 5.29. The molecule has 0 amide bonds. The van der Waals surface area contributed by atoms with Crippen LogP contribution in [-0.2, 0) is 6.54 Å². The van der Waals surface area contributed by atoms with Gasteiger partial charge in [-0.05, 0) is 61.4 Å². The second-order valence-corrected chi connectivity index (χ2v) is 6.77. The summed E-state index contributed by atoms with van der Waals surface area (Å²) in [6, 6.07) is 24.4. The van der Waals surface area contributed by atoms with Crippen molar-refractivity contribution in [2.24, 2.45) is 0 Å². The first-order valence-electron chi connectivity index (χ1n) is 9.54. The first kappa shape index (κ1) is 18.1. The summed E-state index contributed by atoms with van der Waals surface area (Å²) in [7, 11) is 1.68. The van der Waals surface area contributed by atoms with Crippen molar-refractivity contribution in [1.82, 2.24) is 9.55 Å². The summed E-state index contributed by atoms with van der Waals surface area (Å²) in [5.41, 5.74) is 4.39. The third kappa shape index (κ3) is 3.72. The predicted octanol–water partition coefficient (Wildman–Crippen LogP) is 5.49. The van der Waals surface area contributed by atoms with E-state index < -0.39 is 0 Å². The molecular formula is C24H24N2O2. The third-order valence-corrected chi connectivity index (χ3v) is 4.88. The lowest BCUT2D eigenvalue weighted by atomic mass is 10.2. The number of benzene rings is 3. The Labute approximate surface area is 165 Å². The molecule has 4 rings (SSSR count). The fourth-order valence-corrected chi connectivity index (χ4v) is 3.39. The van der Waals surface area contributed by atoms with Crippen LogP contribution >= 0.6 is 0 Å². The molecule has 0 saturated carbocycles. The summed E-state index contributed by atoms with van der Waals surface area (Å²) < 4.78 is 13.5. The third-order valence-electron chi connectivity index (χ3n) is 4.88. The normalized spacial score (nSPS) is 10.9. The molecule has 0 N–H and O–H groups in total. The van der Waals surface area contributed by atoms with Gasteiger partial charge >= 0.3 is 0 Å². The van der Waals surface area contributed by atoms with Gasteiger partial charge in [-0.1, -0.05) is 30.3 Å². The van der Waals surface area contributed by atoms with Crippen LogP contribution in [0.3, 0.4) is 0 Å². The van der Waals surface area contributed by atoms with Gasteiger partial charge in [0.15, 0.2) is 0 Å². The molecule has 1 heterocycles. The highest BCUT2D eigenvalue weighted by Crippen LogP contribution is 2.27. The Morgan fingerprint density at radius 2 is 1.64 bits per heavy atom. The molecule has 0 saturated heterocycles. The van der Waals surface area contributed by atoms with E-state index in [1.807, 2.05) is 36.4 Å². The molecule has 0 bridgehead atoms. The van der Waals surface area contributed by atoms with Gasteiger partial charge in [0.2, 0.25) is 0 Å². The van der Waals surface area contributed by atoms with Crippen molar-refractivity contribution in [3.05, 3.63) is 78.4 Å². The number of ether oxygens (including phenoxy) is 2. The van der Waals surface area contributed by atoms with Crippen molar-refractivity contribution >= 4 is 11.0 Å². The summed E-state index contributed by atoms with van der Waals surface area (Å²) in [6.45, 7) is 3.58. The quantitative estimate of drug-likeness (QED) is 0.403. The van der Waals surface area contributed by atoms with E-state index in [0.29, 0.717) is 6.61 Å². The summed E-state index contributed by atoms with van der Waals surface area (Å²) in [5, 5.41) is 0. The molecule has 0 atom stereocenters. The van der Waals surface area contributed by atoms with Crippen molar-refractivity contribution < 1.29 is 9.47 Å². The number of fused-ring (bicyclic) bond motifs is 1. The van der Waals surface area contributed by atoms with E-state index in [1.54, 1.807) is 7.11 Å². The van der Waals surface area contributed by atoms with E-state index in [0.717, 1.165) is 52.4 Å². The molecule has 4 heteroatoms. The fourth-order valence-electron chi connectivity index (χ4n) is 3.39. The van der Waals surface area contributed by atoms with Crippen LogP contribution in [0.15, 0.2) is 72.8 Å². The topological polar surface area (TPSA) is 36.3 Å². The number of aryl methyl sites for hydroxylation is 2. The summed E-state index contributed by atoms with van der Waals surface area (Å²) in [4.78, 5) is 4.87. The van der Waals surface area contributed by atoms with Gasteiger partial charge in [-0.25, -0.2) is 4.98 Å². The van der Waals surface area contributed by atoms with Gasteiger partial charge in [-0.15, -0.1) is 0 Å². The molecule has 142 valence electrons. The SMILES string of the molecule is COc1ccc(-c2nc3ccccc3n2CCCOc2ccccc2C)cc1. The van der Waals surface area contributed by atoms with Crippen molar-refractivity contribution in [3.63, 3.8) is 0 Å². The van der Waals surface area contributed by atoms with Gasteiger partial charge in [0.25, 0.3) is 0 Å². The molecule has 0 aliphatic carbocycles. The van der Waals surface area contributed by atoms with E-state index in [4.69, 9.17) is 14.5 Å². The van der Waals surface area contributed by atoms with Crippen LogP contribution in [0, 0.1) is 6.92 Å². The Morgan fingerprint density at radius 3 is 2.43 bits per heavy atom. The maximum absolute atomic E-state index is 5.97. The molecule has 3 aromatic carbocycles. The molecule has 1 aromatic heterocycles. The van der Waals surface area contributed by atoms with E-state index in [1.165, 1.54) is 0 Å². The lowest BCUT2D eigenvalue weighted by Gasteiger charge is -2.12. The monoisotopic (exact) mass is 372 g/mol. The van der Waals surface area contributed by atoms with Crippen molar-refractivity contribution in [3.8, 4) is 22.9 Å². The molecule has 4 nitrogen and oxygen atoms in total. The zero-order valence-corrected chi connectivity index (χ0v) is 16.3. The number of rotatable bonds is 7. The second-order valence-electron chi connectivity index (χ2n) is 6.77. The highest BCUT2D eigenvalue weighted by molar-refractivity contribution is 5.80. The van der Waals surface area contributed by atoms with Crippen LogP contribution < -0.4 is 9.47 Å². The van der Waals surface area contributed by atoms with Crippen LogP contribution in [0.2, 0.25) is 0 Å². The number of methoxy groups -OCH3 is 1. The summed E-state index contributed by atoms with van der Waals surface area (Å²) in [5.74, 6) is 2.77. The minimum Gasteiger partial charge on any atom is -0.497 e. The van der Waals surface area contributed by atoms with E-state index in [9.17, 15) is 0 Å². The highest BCUT2D eigenvalue weighted by atomic mass is 16.5. The molecule has 0 aliphatic heterocycles. The standard InChI is InChI=1S/C24H24N2O2/c1-18-8-3-6-11-23(18)28-17-7-16-26-22-10-5-4-9-21(22)25-24(26)19-12-14-20(27-2)15-13-19/h3-6,8-15H,7,16-17H2,1-2H3. The molecule has 4 aromatic rings. The van der Waals surface area contributed by atoms with Crippen LogP contribution in [-0.4, -0.2) is 23.3 Å². The number of nitrogens with zero attached hydrogens (tertiary/aromatic N) is 2. The number of para-hydroxylation sites is 3. The lowest BCUT2D eigenvalue weighted by molar-refractivity contribution is 0.301. The Bertz CT molecular complexity index is 1070. The Balaban J connectivity index is 1.55. The maximum atomic E-state index is 5.97. The number of hydrogen-bond acceptors (Lipinski definition) is 3. The zero-order valence-electron chi connectivity index (χ0n) is 16.3. The van der Waals surface area contributed by atoms with E-state index in [2.05, 4.69) is 47.9 Å². The van der Waals surface area contributed by atoms with E-state index >= 15 is 0 Å². The molecular weight excluding hydrogens is 348 g/mol. The minimum atomic E-state index is 0.666. The zero-order chi connectivity index (χ0) is 19.3. The van der Waals surface area contributed by atoms with Crippen LogP contribution in [0.5, 0.6) is 11.5 Å². The van der Waals surface area contributed by atoms with Gasteiger partial charge in [0.1, 0.15) is 17.3 Å². The van der Waals surface area contributed by atoms with Crippen LogP contribution in [0.1, 0.15) is 12.0 Å². The predicted molar refractivity (Wildman–Crippen MR) is 113 cm³/mol. The molecule has 0 spiro atoms. The Hall–Kier alpha value is -3.27. The smallest absolute Gasteiger partial charge is 0.141 e.